The minimum absolute atomic E-state index is 0.0182. The summed E-state index contributed by atoms with van der Waals surface area (Å²) in [6, 6.07) is 1.91. The van der Waals surface area contributed by atoms with Gasteiger partial charge in [-0.3, -0.25) is 10.4 Å². The molecule has 6 nitrogen and oxygen atoms in total. The molecule has 3 N–H and O–H groups in total. The summed E-state index contributed by atoms with van der Waals surface area (Å²) in [6.45, 7) is 3.77. The lowest BCUT2D eigenvalue weighted by Gasteiger charge is -2.11. The molecule has 94 valence electrons. The Hall–Kier alpha value is -1.89. The smallest absolute Gasteiger partial charge is 0.195 e. The molecule has 0 unspecified atom stereocenters. The Balaban J connectivity index is 2.49. The molecule has 0 aliphatic carbocycles. The molecule has 2 heterocycles. The number of nitrogens with zero attached hydrogens (tertiary/aromatic N) is 4. The van der Waals surface area contributed by atoms with Crippen LogP contribution in [0.2, 0.25) is 0 Å². The van der Waals surface area contributed by atoms with Crippen molar-refractivity contribution in [3.63, 3.8) is 0 Å². The maximum absolute atomic E-state index is 7.65. The summed E-state index contributed by atoms with van der Waals surface area (Å²) in [5.74, 6) is 0.0182. The lowest BCUT2D eigenvalue weighted by atomic mass is 10.1. The van der Waals surface area contributed by atoms with E-state index in [9.17, 15) is 0 Å². The standard InChI is InChI=1S/C11H14N6S/c1-6-4-8(9(10(12)13)7(2)15-6)18-11-16-14-5-17(11)3/h4-5H,1-3H3,(H3,12,13). The number of rotatable bonds is 3. The van der Waals surface area contributed by atoms with Crippen molar-refractivity contribution >= 4 is 17.6 Å². The molecular weight excluding hydrogens is 248 g/mol. The number of nitrogens with two attached hydrogens (primary N) is 1. The average molecular weight is 262 g/mol. The zero-order chi connectivity index (χ0) is 13.3. The van der Waals surface area contributed by atoms with E-state index in [4.69, 9.17) is 11.1 Å². The third-order valence-electron chi connectivity index (χ3n) is 2.43. The van der Waals surface area contributed by atoms with Crippen molar-refractivity contribution in [2.75, 3.05) is 0 Å². The molecule has 18 heavy (non-hydrogen) atoms. The van der Waals surface area contributed by atoms with E-state index in [0.717, 1.165) is 21.4 Å². The van der Waals surface area contributed by atoms with Crippen molar-refractivity contribution in [1.82, 2.24) is 19.7 Å². The van der Waals surface area contributed by atoms with Crippen molar-refractivity contribution in [3.8, 4) is 0 Å². The third kappa shape index (κ3) is 2.35. The van der Waals surface area contributed by atoms with E-state index in [-0.39, 0.29) is 5.84 Å². The Kier molecular flexibility index (Phi) is 3.33. The second-order valence-corrected chi connectivity index (χ2v) is 4.97. The molecule has 0 aromatic carbocycles. The van der Waals surface area contributed by atoms with Gasteiger partial charge in [0.15, 0.2) is 5.16 Å². The molecule has 2 aromatic rings. The van der Waals surface area contributed by atoms with Gasteiger partial charge in [0.2, 0.25) is 0 Å². The van der Waals surface area contributed by atoms with Gasteiger partial charge in [-0.05, 0) is 31.7 Å². The lowest BCUT2D eigenvalue weighted by Crippen LogP contribution is -2.15. The van der Waals surface area contributed by atoms with Crippen LogP contribution in [0, 0.1) is 19.3 Å². The minimum Gasteiger partial charge on any atom is -0.384 e. The summed E-state index contributed by atoms with van der Waals surface area (Å²) < 4.78 is 1.82. The molecule has 0 fully saturated rings. The number of aryl methyl sites for hydroxylation is 3. The summed E-state index contributed by atoms with van der Waals surface area (Å²) in [5, 5.41) is 16.2. The fourth-order valence-electron chi connectivity index (χ4n) is 1.66. The highest BCUT2D eigenvalue weighted by Crippen LogP contribution is 2.30. The maximum atomic E-state index is 7.65. The molecule has 0 aliphatic heterocycles. The number of pyridine rings is 1. The van der Waals surface area contributed by atoms with Crippen molar-refractivity contribution in [3.05, 3.63) is 29.3 Å². The zero-order valence-electron chi connectivity index (χ0n) is 10.4. The summed E-state index contributed by atoms with van der Waals surface area (Å²) in [6.07, 6.45) is 1.64. The second kappa shape index (κ2) is 4.77. The van der Waals surface area contributed by atoms with Gasteiger partial charge in [0, 0.05) is 23.3 Å². The molecule has 2 aromatic heterocycles. The van der Waals surface area contributed by atoms with Crippen LogP contribution in [0.4, 0.5) is 0 Å². The van der Waals surface area contributed by atoms with E-state index in [1.807, 2.05) is 31.5 Å². The van der Waals surface area contributed by atoms with Crippen molar-refractivity contribution < 1.29 is 0 Å². The van der Waals surface area contributed by atoms with Crippen LogP contribution in [-0.4, -0.2) is 25.6 Å². The van der Waals surface area contributed by atoms with Crippen LogP contribution in [0.1, 0.15) is 17.0 Å². The van der Waals surface area contributed by atoms with Gasteiger partial charge >= 0.3 is 0 Å². The van der Waals surface area contributed by atoms with E-state index in [2.05, 4.69) is 15.2 Å². The van der Waals surface area contributed by atoms with Crippen LogP contribution in [0.15, 0.2) is 22.4 Å². The molecule has 0 saturated heterocycles. The number of nitrogens with one attached hydrogen (secondary N) is 1. The summed E-state index contributed by atoms with van der Waals surface area (Å²) in [7, 11) is 1.87. The topological polar surface area (TPSA) is 93.5 Å². The first-order chi connectivity index (χ1) is 8.49. The molecule has 2 rings (SSSR count). The van der Waals surface area contributed by atoms with Crippen molar-refractivity contribution in [2.45, 2.75) is 23.9 Å². The number of aromatic nitrogens is 4. The first kappa shape index (κ1) is 12.6. The van der Waals surface area contributed by atoms with Crippen LogP contribution < -0.4 is 5.73 Å². The minimum atomic E-state index is 0.0182. The summed E-state index contributed by atoms with van der Waals surface area (Å²) in [5.41, 5.74) is 7.93. The van der Waals surface area contributed by atoms with Crippen LogP contribution in [0.5, 0.6) is 0 Å². The number of nitrogen functional groups attached to an aromatic ring is 1. The monoisotopic (exact) mass is 262 g/mol. The van der Waals surface area contributed by atoms with Crippen LogP contribution >= 0.6 is 11.8 Å². The summed E-state index contributed by atoms with van der Waals surface area (Å²) >= 11 is 1.43. The van der Waals surface area contributed by atoms with E-state index >= 15 is 0 Å². The summed E-state index contributed by atoms with van der Waals surface area (Å²) in [4.78, 5) is 5.21. The van der Waals surface area contributed by atoms with Gasteiger partial charge in [0.1, 0.15) is 12.2 Å². The van der Waals surface area contributed by atoms with E-state index in [1.165, 1.54) is 11.8 Å². The Morgan fingerprint density at radius 3 is 2.72 bits per heavy atom. The molecule has 0 spiro atoms. The van der Waals surface area contributed by atoms with Gasteiger partial charge < -0.3 is 10.3 Å². The fraction of sp³-hybridized carbons (Fsp3) is 0.273. The molecule has 0 bridgehead atoms. The number of hydrogen-bond acceptors (Lipinski definition) is 5. The number of amidine groups is 1. The Morgan fingerprint density at radius 2 is 2.17 bits per heavy atom. The van der Waals surface area contributed by atoms with Gasteiger partial charge in [0.05, 0.1) is 5.56 Å². The van der Waals surface area contributed by atoms with Crippen LogP contribution in [0.25, 0.3) is 0 Å². The first-order valence-electron chi connectivity index (χ1n) is 5.33. The first-order valence-corrected chi connectivity index (χ1v) is 6.15. The predicted molar refractivity (Wildman–Crippen MR) is 69.9 cm³/mol. The molecular formula is C11H14N6S. The molecule has 7 heteroatoms. The molecule has 0 atom stereocenters. The SMILES string of the molecule is Cc1cc(Sc2nncn2C)c(C(=N)N)c(C)n1. The molecule has 0 aliphatic rings. The van der Waals surface area contributed by atoms with Crippen molar-refractivity contribution in [1.29, 1.82) is 5.41 Å². The van der Waals surface area contributed by atoms with Crippen LogP contribution in [-0.2, 0) is 7.05 Å². The zero-order valence-corrected chi connectivity index (χ0v) is 11.2. The van der Waals surface area contributed by atoms with E-state index in [0.29, 0.717) is 5.56 Å². The predicted octanol–water partition coefficient (Wildman–Crippen LogP) is 1.26. The highest BCUT2D eigenvalue weighted by molar-refractivity contribution is 7.99. The van der Waals surface area contributed by atoms with Gasteiger partial charge in [-0.15, -0.1) is 10.2 Å². The number of hydrogen-bond donors (Lipinski definition) is 2. The molecule has 0 amide bonds. The Bertz CT molecular complexity index is 604. The average Bonchev–Trinajstić information content (AvgIpc) is 2.62. The molecule has 0 saturated carbocycles. The van der Waals surface area contributed by atoms with Crippen LogP contribution in [0.3, 0.4) is 0 Å². The Morgan fingerprint density at radius 1 is 1.44 bits per heavy atom. The fourth-order valence-corrected chi connectivity index (χ4v) is 2.73. The van der Waals surface area contributed by atoms with Gasteiger partial charge in [-0.2, -0.15) is 0 Å². The van der Waals surface area contributed by atoms with E-state index < -0.39 is 0 Å². The largest absolute Gasteiger partial charge is 0.384 e. The van der Waals surface area contributed by atoms with E-state index in [1.54, 1.807) is 6.33 Å². The van der Waals surface area contributed by atoms with Crippen molar-refractivity contribution in [2.24, 2.45) is 12.8 Å². The lowest BCUT2D eigenvalue weighted by molar-refractivity contribution is 0.788. The molecule has 0 radical (unpaired) electrons. The van der Waals surface area contributed by atoms with Gasteiger partial charge in [-0.1, -0.05) is 0 Å². The second-order valence-electron chi connectivity index (χ2n) is 3.96. The highest BCUT2D eigenvalue weighted by Gasteiger charge is 2.14. The Labute approximate surface area is 109 Å². The highest BCUT2D eigenvalue weighted by atomic mass is 32.2. The van der Waals surface area contributed by atoms with Gasteiger partial charge in [0.25, 0.3) is 0 Å². The van der Waals surface area contributed by atoms with Gasteiger partial charge in [-0.25, -0.2) is 0 Å². The quantitative estimate of drug-likeness (QED) is 0.641. The maximum Gasteiger partial charge on any atom is 0.195 e. The normalized spacial score (nSPS) is 10.6. The third-order valence-corrected chi connectivity index (χ3v) is 3.53.